The summed E-state index contributed by atoms with van der Waals surface area (Å²) in [6.45, 7) is 3.87. The van der Waals surface area contributed by atoms with Crippen molar-refractivity contribution in [2.45, 2.75) is 20.4 Å². The Labute approximate surface area is 131 Å². The van der Waals surface area contributed by atoms with Crippen LogP contribution in [-0.4, -0.2) is 26.1 Å². The average Bonchev–Trinajstić information content (AvgIpc) is 3.08. The second-order valence-corrected chi connectivity index (χ2v) is 5.08. The highest BCUT2D eigenvalue weighted by molar-refractivity contribution is 6.02. The fraction of sp³-hybridized carbons (Fsp3) is 0.200. The maximum absolute atomic E-state index is 12.9. The summed E-state index contributed by atoms with van der Waals surface area (Å²) in [6, 6.07) is 7.68. The minimum atomic E-state index is -0.416. The van der Waals surface area contributed by atoms with Crippen molar-refractivity contribution < 1.29 is 13.7 Å². The Balaban J connectivity index is 1.75. The van der Waals surface area contributed by atoms with Gasteiger partial charge in [-0.1, -0.05) is 22.5 Å². The second kappa shape index (κ2) is 5.99. The molecule has 1 aromatic carbocycles. The number of anilines is 1. The maximum Gasteiger partial charge on any atom is 0.279 e. The Morgan fingerprint density at radius 3 is 2.70 bits per heavy atom. The van der Waals surface area contributed by atoms with Gasteiger partial charge in [0.2, 0.25) is 0 Å². The first-order chi connectivity index (χ1) is 11.0. The molecule has 2 heterocycles. The molecule has 1 N–H and O–H groups in total. The van der Waals surface area contributed by atoms with E-state index in [1.807, 2.05) is 0 Å². The number of carbonyl (C=O) groups is 1. The van der Waals surface area contributed by atoms with Gasteiger partial charge in [-0.05, 0) is 31.5 Å². The van der Waals surface area contributed by atoms with Gasteiger partial charge in [-0.3, -0.25) is 4.79 Å². The number of carbonyl (C=O) groups excluding carboxylic acids is 1. The van der Waals surface area contributed by atoms with Gasteiger partial charge in [0, 0.05) is 6.07 Å². The Hall–Kier alpha value is -3.03. The smallest absolute Gasteiger partial charge is 0.279 e. The zero-order chi connectivity index (χ0) is 16.4. The van der Waals surface area contributed by atoms with Crippen LogP contribution in [0, 0.1) is 19.7 Å². The number of nitrogens with one attached hydrogen (secondary N) is 1. The molecule has 0 unspecified atom stereocenters. The molecule has 0 aliphatic rings. The number of rotatable bonds is 4. The lowest BCUT2D eigenvalue weighted by atomic mass is 10.2. The Bertz CT molecular complexity index is 838. The lowest BCUT2D eigenvalue weighted by Gasteiger charge is -2.04. The third kappa shape index (κ3) is 3.25. The number of halogens is 1. The largest absolute Gasteiger partial charge is 0.360 e. The van der Waals surface area contributed by atoms with Crippen LogP contribution in [0.25, 0.3) is 0 Å². The van der Waals surface area contributed by atoms with E-state index >= 15 is 0 Å². The number of benzene rings is 1. The van der Waals surface area contributed by atoms with Gasteiger partial charge in [-0.2, -0.15) is 0 Å². The first-order valence-corrected chi connectivity index (χ1v) is 6.92. The third-order valence-electron chi connectivity index (χ3n) is 3.31. The number of aryl methyl sites for hydroxylation is 1. The van der Waals surface area contributed by atoms with Crippen molar-refractivity contribution >= 4 is 11.7 Å². The monoisotopic (exact) mass is 315 g/mol. The molecule has 0 bridgehead atoms. The molecule has 0 spiro atoms. The molecule has 0 saturated heterocycles. The molecule has 0 aliphatic heterocycles. The van der Waals surface area contributed by atoms with E-state index in [1.165, 1.54) is 12.1 Å². The molecule has 23 heavy (non-hydrogen) atoms. The Morgan fingerprint density at radius 1 is 1.30 bits per heavy atom. The molecular weight excluding hydrogens is 301 g/mol. The molecule has 2 aromatic heterocycles. The molecule has 0 saturated carbocycles. The SMILES string of the molecule is Cc1cc(NC(=O)c2nnn(Cc3ccc(F)cc3)c2C)no1. The van der Waals surface area contributed by atoms with Crippen LogP contribution in [0.1, 0.15) is 27.5 Å². The van der Waals surface area contributed by atoms with Crippen LogP contribution >= 0.6 is 0 Å². The predicted octanol–water partition coefficient (Wildman–Crippen LogP) is 2.32. The van der Waals surface area contributed by atoms with Crippen LogP contribution in [0.15, 0.2) is 34.9 Å². The summed E-state index contributed by atoms with van der Waals surface area (Å²) in [7, 11) is 0. The lowest BCUT2D eigenvalue weighted by Crippen LogP contribution is -2.14. The summed E-state index contributed by atoms with van der Waals surface area (Å²) < 4.78 is 19.4. The van der Waals surface area contributed by atoms with Gasteiger partial charge in [0.15, 0.2) is 11.5 Å². The summed E-state index contributed by atoms with van der Waals surface area (Å²) in [6.07, 6.45) is 0. The van der Waals surface area contributed by atoms with E-state index in [0.717, 1.165) is 5.56 Å². The molecule has 3 rings (SSSR count). The number of nitrogens with zero attached hydrogens (tertiary/aromatic N) is 4. The third-order valence-corrected chi connectivity index (χ3v) is 3.31. The summed E-state index contributed by atoms with van der Waals surface area (Å²) in [5, 5.41) is 14.2. The number of hydrogen-bond acceptors (Lipinski definition) is 5. The maximum atomic E-state index is 12.9. The standard InChI is InChI=1S/C15H14FN5O2/c1-9-7-13(19-23-9)17-15(22)14-10(2)21(20-18-14)8-11-3-5-12(16)6-4-11/h3-7H,8H2,1-2H3,(H,17,19,22). The van der Waals surface area contributed by atoms with Crippen LogP contribution < -0.4 is 5.32 Å². The number of amides is 1. The molecule has 7 nitrogen and oxygen atoms in total. The fourth-order valence-electron chi connectivity index (χ4n) is 2.08. The number of hydrogen-bond donors (Lipinski definition) is 1. The summed E-state index contributed by atoms with van der Waals surface area (Å²) >= 11 is 0. The lowest BCUT2D eigenvalue weighted by molar-refractivity contribution is 0.102. The van der Waals surface area contributed by atoms with Crippen molar-refractivity contribution in [3.8, 4) is 0 Å². The van der Waals surface area contributed by atoms with Crippen molar-refractivity contribution in [2.24, 2.45) is 0 Å². The highest BCUT2D eigenvalue weighted by Gasteiger charge is 2.18. The fourth-order valence-corrected chi connectivity index (χ4v) is 2.08. The van der Waals surface area contributed by atoms with Crippen molar-refractivity contribution in [3.63, 3.8) is 0 Å². The Morgan fingerprint density at radius 2 is 2.04 bits per heavy atom. The zero-order valence-corrected chi connectivity index (χ0v) is 12.6. The first-order valence-electron chi connectivity index (χ1n) is 6.92. The molecular formula is C15H14FN5O2. The van der Waals surface area contributed by atoms with E-state index < -0.39 is 5.91 Å². The quantitative estimate of drug-likeness (QED) is 0.798. The van der Waals surface area contributed by atoms with Gasteiger partial charge in [0.25, 0.3) is 5.91 Å². The van der Waals surface area contributed by atoms with Gasteiger partial charge in [-0.25, -0.2) is 9.07 Å². The van der Waals surface area contributed by atoms with Crippen molar-refractivity contribution in [1.29, 1.82) is 0 Å². The molecule has 0 aliphatic carbocycles. The topological polar surface area (TPSA) is 85.8 Å². The van der Waals surface area contributed by atoms with E-state index in [0.29, 0.717) is 23.8 Å². The van der Waals surface area contributed by atoms with Crippen molar-refractivity contribution in [3.05, 3.63) is 58.9 Å². The van der Waals surface area contributed by atoms with Crippen LogP contribution in [0.3, 0.4) is 0 Å². The average molecular weight is 315 g/mol. The second-order valence-electron chi connectivity index (χ2n) is 5.08. The van der Waals surface area contributed by atoms with Gasteiger partial charge < -0.3 is 9.84 Å². The van der Waals surface area contributed by atoms with Crippen LogP contribution in [-0.2, 0) is 6.54 Å². The molecule has 0 atom stereocenters. The van der Waals surface area contributed by atoms with Gasteiger partial charge in [-0.15, -0.1) is 5.10 Å². The summed E-state index contributed by atoms with van der Waals surface area (Å²) in [4.78, 5) is 12.2. The van der Waals surface area contributed by atoms with Crippen LogP contribution in [0.2, 0.25) is 0 Å². The van der Waals surface area contributed by atoms with E-state index in [-0.39, 0.29) is 11.5 Å². The molecule has 3 aromatic rings. The predicted molar refractivity (Wildman–Crippen MR) is 79.5 cm³/mol. The van der Waals surface area contributed by atoms with Crippen LogP contribution in [0.5, 0.6) is 0 Å². The number of aromatic nitrogens is 4. The van der Waals surface area contributed by atoms with Crippen LogP contribution in [0.4, 0.5) is 10.2 Å². The Kier molecular flexibility index (Phi) is 3.88. The zero-order valence-electron chi connectivity index (χ0n) is 12.6. The molecule has 118 valence electrons. The minimum Gasteiger partial charge on any atom is -0.360 e. The summed E-state index contributed by atoms with van der Waals surface area (Å²) in [5.41, 5.74) is 1.67. The van der Waals surface area contributed by atoms with Gasteiger partial charge in [0.05, 0.1) is 12.2 Å². The minimum absolute atomic E-state index is 0.202. The van der Waals surface area contributed by atoms with E-state index in [1.54, 1.807) is 36.7 Å². The van der Waals surface area contributed by atoms with Gasteiger partial charge >= 0.3 is 0 Å². The van der Waals surface area contributed by atoms with Crippen molar-refractivity contribution in [2.75, 3.05) is 5.32 Å². The molecule has 0 fully saturated rings. The van der Waals surface area contributed by atoms with E-state index in [4.69, 9.17) is 4.52 Å². The first kappa shape index (κ1) is 14.9. The van der Waals surface area contributed by atoms with E-state index in [2.05, 4.69) is 20.8 Å². The molecule has 0 radical (unpaired) electrons. The molecule has 1 amide bonds. The molecule has 8 heteroatoms. The van der Waals surface area contributed by atoms with Crippen molar-refractivity contribution in [1.82, 2.24) is 20.2 Å². The highest BCUT2D eigenvalue weighted by atomic mass is 19.1. The highest BCUT2D eigenvalue weighted by Crippen LogP contribution is 2.12. The van der Waals surface area contributed by atoms with E-state index in [9.17, 15) is 9.18 Å². The summed E-state index contributed by atoms with van der Waals surface area (Å²) in [5.74, 6) is 0.199. The van der Waals surface area contributed by atoms with Gasteiger partial charge in [0.1, 0.15) is 11.6 Å². The normalized spacial score (nSPS) is 10.7.